The Balaban J connectivity index is 1.30. The molecule has 1 fully saturated rings. The van der Waals surface area contributed by atoms with Crippen molar-refractivity contribution in [3.63, 3.8) is 0 Å². The van der Waals surface area contributed by atoms with E-state index in [9.17, 15) is 0 Å². The van der Waals surface area contributed by atoms with Gasteiger partial charge in [0.05, 0.1) is 17.0 Å². The molecule has 1 saturated heterocycles. The molecule has 1 aliphatic rings. The topological polar surface area (TPSA) is 88.1 Å². The predicted octanol–water partition coefficient (Wildman–Crippen LogP) is 4.22. The highest BCUT2D eigenvalue weighted by molar-refractivity contribution is 6.33. The van der Waals surface area contributed by atoms with Crippen molar-refractivity contribution in [1.29, 1.82) is 0 Å². The average Bonchev–Trinajstić information content (AvgIpc) is 3.30. The summed E-state index contributed by atoms with van der Waals surface area (Å²) in [5, 5.41) is 2.30. The van der Waals surface area contributed by atoms with Crippen LogP contribution in [-0.2, 0) is 4.74 Å². The van der Waals surface area contributed by atoms with Crippen molar-refractivity contribution in [2.45, 2.75) is 25.7 Å². The van der Waals surface area contributed by atoms with Crippen molar-refractivity contribution in [2.24, 2.45) is 5.92 Å². The Morgan fingerprint density at radius 2 is 2.10 bits per heavy atom. The van der Waals surface area contributed by atoms with Gasteiger partial charge in [-0.3, -0.25) is 0 Å². The van der Waals surface area contributed by atoms with Crippen molar-refractivity contribution >= 4 is 39.4 Å². The molecule has 1 aliphatic heterocycles. The number of fused-ring (bicyclic) bond motifs is 2. The zero-order valence-electron chi connectivity index (χ0n) is 15.8. The van der Waals surface area contributed by atoms with Gasteiger partial charge in [0, 0.05) is 17.6 Å². The Labute approximate surface area is 172 Å². The quantitative estimate of drug-likeness (QED) is 0.508. The van der Waals surface area contributed by atoms with Crippen LogP contribution >= 0.6 is 11.6 Å². The molecule has 0 aliphatic carbocycles. The van der Waals surface area contributed by atoms with Gasteiger partial charge in [-0.15, -0.1) is 0 Å². The summed E-state index contributed by atoms with van der Waals surface area (Å²) in [7, 11) is 0. The van der Waals surface area contributed by atoms with E-state index >= 15 is 0 Å². The molecule has 0 saturated carbocycles. The van der Waals surface area contributed by atoms with Crippen LogP contribution in [0, 0.1) is 5.92 Å². The maximum atomic E-state index is 6.29. The van der Waals surface area contributed by atoms with E-state index in [0.29, 0.717) is 23.5 Å². The number of hydrogen-bond donors (Lipinski definition) is 1. The molecule has 4 heterocycles. The highest BCUT2D eigenvalue weighted by Crippen LogP contribution is 2.36. The second-order valence-corrected chi connectivity index (χ2v) is 7.73. The van der Waals surface area contributed by atoms with Gasteiger partial charge in [0.25, 0.3) is 0 Å². The van der Waals surface area contributed by atoms with Gasteiger partial charge in [0.15, 0.2) is 0 Å². The van der Waals surface area contributed by atoms with Gasteiger partial charge >= 0.3 is 0 Å². The molecular weight excluding hydrogens is 390 g/mol. The molecule has 7 nitrogen and oxygen atoms in total. The monoisotopic (exact) mass is 409 g/mol. The Bertz CT molecular complexity index is 1190. The number of ether oxygens (including phenoxy) is 2. The summed E-state index contributed by atoms with van der Waals surface area (Å²) < 4.78 is 14.3. The summed E-state index contributed by atoms with van der Waals surface area (Å²) in [5.41, 5.74) is 7.38. The van der Waals surface area contributed by atoms with Crippen LogP contribution in [0.3, 0.4) is 0 Å². The second kappa shape index (κ2) is 7.17. The average molecular weight is 410 g/mol. The van der Waals surface area contributed by atoms with Crippen molar-refractivity contribution in [3.8, 4) is 5.75 Å². The molecule has 5 rings (SSSR count). The summed E-state index contributed by atoms with van der Waals surface area (Å²) in [6.07, 6.45) is 4.15. The predicted molar refractivity (Wildman–Crippen MR) is 112 cm³/mol. The van der Waals surface area contributed by atoms with Gasteiger partial charge in [-0.05, 0) is 42.7 Å². The fourth-order valence-electron chi connectivity index (χ4n) is 3.80. The third-order valence-corrected chi connectivity index (χ3v) is 5.71. The number of nitrogen functional groups attached to an aromatic ring is 1. The lowest BCUT2D eigenvalue weighted by atomic mass is 10.0. The number of halogens is 1. The third kappa shape index (κ3) is 3.36. The summed E-state index contributed by atoms with van der Waals surface area (Å²) in [4.78, 5) is 12.8. The largest absolute Gasteiger partial charge is 0.491 e. The molecule has 4 aromatic rings. The summed E-state index contributed by atoms with van der Waals surface area (Å²) in [5.74, 6) is 1.58. The minimum Gasteiger partial charge on any atom is -0.491 e. The molecule has 3 atom stereocenters. The molecular formula is C21H20ClN5O2. The van der Waals surface area contributed by atoms with Crippen LogP contribution in [-0.4, -0.2) is 32.2 Å². The van der Waals surface area contributed by atoms with E-state index in [-0.39, 0.29) is 12.3 Å². The van der Waals surface area contributed by atoms with Crippen molar-refractivity contribution in [2.75, 3.05) is 12.3 Å². The summed E-state index contributed by atoms with van der Waals surface area (Å²) >= 11 is 6.16. The first kappa shape index (κ1) is 18.1. The fourth-order valence-corrected chi connectivity index (χ4v) is 3.99. The smallest absolute Gasteiger partial charge is 0.146 e. The SMILES string of the molecule is CC1CC(n2ccc3c(Cl)ncnc32)OC1COc1ccc2ccc(N)nc2c1. The van der Waals surface area contributed by atoms with E-state index in [1.165, 1.54) is 6.33 Å². The van der Waals surface area contributed by atoms with Crippen LogP contribution in [0.4, 0.5) is 5.82 Å². The lowest BCUT2D eigenvalue weighted by Crippen LogP contribution is -2.23. The van der Waals surface area contributed by atoms with Crippen LogP contribution in [0.25, 0.3) is 21.9 Å². The molecule has 0 amide bonds. The minimum absolute atomic E-state index is 0.0285. The van der Waals surface area contributed by atoms with Crippen LogP contribution in [0.1, 0.15) is 19.6 Å². The van der Waals surface area contributed by atoms with Crippen molar-refractivity contribution in [3.05, 3.63) is 54.1 Å². The standard InChI is InChI=1S/C21H20ClN5O2/c1-12-8-19(27-7-6-15-20(22)24-11-25-21(15)27)29-17(12)10-28-14-4-2-13-3-5-18(23)26-16(13)9-14/h2-7,9,11-12,17,19H,8,10H2,1H3,(H2,23,26). The highest BCUT2D eigenvalue weighted by atomic mass is 35.5. The Hall–Kier alpha value is -2.90. The van der Waals surface area contributed by atoms with Gasteiger partial charge < -0.3 is 19.8 Å². The van der Waals surface area contributed by atoms with E-state index in [2.05, 4.69) is 21.9 Å². The fraction of sp³-hybridized carbons (Fsp3) is 0.286. The number of anilines is 1. The van der Waals surface area contributed by atoms with Crippen LogP contribution in [0.5, 0.6) is 5.75 Å². The number of nitrogens with zero attached hydrogens (tertiary/aromatic N) is 4. The van der Waals surface area contributed by atoms with E-state index < -0.39 is 0 Å². The van der Waals surface area contributed by atoms with E-state index in [4.69, 9.17) is 26.8 Å². The molecule has 148 valence electrons. The molecule has 0 spiro atoms. The minimum atomic E-state index is -0.111. The normalized spacial score (nSPS) is 21.8. The van der Waals surface area contributed by atoms with Crippen LogP contribution in [0.2, 0.25) is 5.15 Å². The molecule has 8 heteroatoms. The number of aromatic nitrogens is 4. The number of benzene rings is 1. The first-order valence-corrected chi connectivity index (χ1v) is 9.88. The lowest BCUT2D eigenvalue weighted by Gasteiger charge is -2.17. The molecule has 2 N–H and O–H groups in total. The number of pyridine rings is 1. The third-order valence-electron chi connectivity index (χ3n) is 5.41. The number of rotatable bonds is 4. The second-order valence-electron chi connectivity index (χ2n) is 7.37. The molecule has 1 aromatic carbocycles. The summed E-state index contributed by atoms with van der Waals surface area (Å²) in [6.45, 7) is 2.63. The van der Waals surface area contributed by atoms with Gasteiger partial charge in [-0.25, -0.2) is 15.0 Å². The molecule has 3 aromatic heterocycles. The van der Waals surface area contributed by atoms with Crippen LogP contribution in [0.15, 0.2) is 48.9 Å². The van der Waals surface area contributed by atoms with Crippen molar-refractivity contribution < 1.29 is 9.47 Å². The lowest BCUT2D eigenvalue weighted by molar-refractivity contribution is -0.0224. The van der Waals surface area contributed by atoms with E-state index in [1.807, 2.05) is 41.1 Å². The van der Waals surface area contributed by atoms with Crippen LogP contribution < -0.4 is 10.5 Å². The van der Waals surface area contributed by atoms with Gasteiger partial charge in [0.1, 0.15) is 41.5 Å². The molecule has 0 bridgehead atoms. The van der Waals surface area contributed by atoms with Crippen molar-refractivity contribution in [1.82, 2.24) is 19.5 Å². The highest BCUT2D eigenvalue weighted by Gasteiger charge is 2.34. The molecule has 29 heavy (non-hydrogen) atoms. The maximum absolute atomic E-state index is 6.29. The zero-order valence-corrected chi connectivity index (χ0v) is 16.6. The zero-order chi connectivity index (χ0) is 20.0. The Morgan fingerprint density at radius 1 is 1.24 bits per heavy atom. The van der Waals surface area contributed by atoms with Gasteiger partial charge in [0.2, 0.25) is 0 Å². The summed E-state index contributed by atoms with van der Waals surface area (Å²) in [6, 6.07) is 11.5. The van der Waals surface area contributed by atoms with E-state index in [0.717, 1.165) is 34.1 Å². The van der Waals surface area contributed by atoms with Gasteiger partial charge in [-0.2, -0.15) is 0 Å². The molecule has 0 radical (unpaired) electrons. The number of nitrogens with two attached hydrogens (primary N) is 1. The Kier molecular flexibility index (Phi) is 4.49. The first-order valence-electron chi connectivity index (χ1n) is 9.50. The first-order chi connectivity index (χ1) is 14.1. The molecule has 3 unspecified atom stereocenters. The Morgan fingerprint density at radius 3 is 3.00 bits per heavy atom. The number of hydrogen-bond acceptors (Lipinski definition) is 6. The maximum Gasteiger partial charge on any atom is 0.146 e. The van der Waals surface area contributed by atoms with E-state index in [1.54, 1.807) is 6.07 Å². The van der Waals surface area contributed by atoms with Gasteiger partial charge in [-0.1, -0.05) is 18.5 Å².